The summed E-state index contributed by atoms with van der Waals surface area (Å²) >= 11 is 0. The number of amides is 1. The first-order valence-corrected chi connectivity index (χ1v) is 10.0. The van der Waals surface area contributed by atoms with Gasteiger partial charge in [-0.05, 0) is 31.0 Å². The van der Waals surface area contributed by atoms with Crippen molar-refractivity contribution in [1.82, 2.24) is 25.2 Å². The second-order valence-corrected chi connectivity index (χ2v) is 8.27. The molecule has 7 nitrogen and oxygen atoms in total. The van der Waals surface area contributed by atoms with Crippen LogP contribution < -0.4 is 5.32 Å². The highest BCUT2D eigenvalue weighted by Gasteiger charge is 2.46. The van der Waals surface area contributed by atoms with Gasteiger partial charge in [-0.2, -0.15) is 5.10 Å². The van der Waals surface area contributed by atoms with Gasteiger partial charge in [0.1, 0.15) is 5.76 Å². The molecule has 2 aromatic heterocycles. The van der Waals surface area contributed by atoms with Gasteiger partial charge in [0.05, 0.1) is 17.4 Å². The summed E-state index contributed by atoms with van der Waals surface area (Å²) < 4.78 is 7.04. The quantitative estimate of drug-likeness (QED) is 0.740. The van der Waals surface area contributed by atoms with E-state index in [-0.39, 0.29) is 11.9 Å². The molecule has 1 aliphatic carbocycles. The first kappa shape index (κ1) is 18.1. The number of likely N-dealkylation sites (tertiary alicyclic amines) is 1. The lowest BCUT2D eigenvalue weighted by atomic mass is 9.94. The SMILES string of the molecule is Cc1cc(CN2C[C@@H]3[C@H](NC(=O)c4cc(C)on4)c4ccccc4[C@@H]3C2)n(C)n1. The van der Waals surface area contributed by atoms with Crippen molar-refractivity contribution in [2.24, 2.45) is 13.0 Å². The lowest BCUT2D eigenvalue weighted by molar-refractivity contribution is 0.0914. The molecule has 0 saturated carbocycles. The summed E-state index contributed by atoms with van der Waals surface area (Å²) in [6.45, 7) is 6.61. The first-order chi connectivity index (χ1) is 14.0. The highest BCUT2D eigenvalue weighted by atomic mass is 16.5. The van der Waals surface area contributed by atoms with Crippen LogP contribution in [0.25, 0.3) is 0 Å². The van der Waals surface area contributed by atoms with Crippen LogP contribution in [-0.2, 0) is 13.6 Å². The summed E-state index contributed by atoms with van der Waals surface area (Å²) in [4.78, 5) is 15.2. The molecule has 1 saturated heterocycles. The summed E-state index contributed by atoms with van der Waals surface area (Å²) in [5, 5.41) is 11.6. The van der Waals surface area contributed by atoms with Crippen molar-refractivity contribution < 1.29 is 9.32 Å². The average molecular weight is 391 g/mol. The Morgan fingerprint density at radius 1 is 1.21 bits per heavy atom. The summed E-state index contributed by atoms with van der Waals surface area (Å²) in [5.74, 6) is 1.23. The van der Waals surface area contributed by atoms with Crippen molar-refractivity contribution in [3.8, 4) is 0 Å². The van der Waals surface area contributed by atoms with E-state index in [4.69, 9.17) is 4.52 Å². The zero-order valence-corrected chi connectivity index (χ0v) is 16.9. The Bertz CT molecular complexity index is 1070. The molecule has 3 aromatic rings. The third-order valence-corrected chi connectivity index (χ3v) is 6.23. The Morgan fingerprint density at radius 3 is 2.69 bits per heavy atom. The zero-order valence-electron chi connectivity index (χ0n) is 16.9. The van der Waals surface area contributed by atoms with Crippen molar-refractivity contribution in [3.05, 3.63) is 70.4 Å². The Labute approximate surface area is 169 Å². The number of benzene rings is 1. The third kappa shape index (κ3) is 3.15. The van der Waals surface area contributed by atoms with Gasteiger partial charge in [0.2, 0.25) is 0 Å². The molecule has 29 heavy (non-hydrogen) atoms. The van der Waals surface area contributed by atoms with Crippen molar-refractivity contribution in [2.45, 2.75) is 32.4 Å². The van der Waals surface area contributed by atoms with E-state index in [1.165, 1.54) is 16.8 Å². The molecule has 1 aliphatic heterocycles. The number of nitrogens with one attached hydrogen (secondary N) is 1. The monoisotopic (exact) mass is 391 g/mol. The van der Waals surface area contributed by atoms with Crippen LogP contribution >= 0.6 is 0 Å². The van der Waals surface area contributed by atoms with E-state index in [0.29, 0.717) is 23.3 Å². The van der Waals surface area contributed by atoms with Gasteiger partial charge in [-0.25, -0.2) is 0 Å². The van der Waals surface area contributed by atoms with Crippen LogP contribution in [0.15, 0.2) is 40.9 Å². The van der Waals surface area contributed by atoms with Crippen LogP contribution in [0.3, 0.4) is 0 Å². The Hall–Kier alpha value is -2.93. The molecule has 1 fully saturated rings. The van der Waals surface area contributed by atoms with Gasteiger partial charge in [-0.1, -0.05) is 29.4 Å². The van der Waals surface area contributed by atoms with Crippen LogP contribution in [0.4, 0.5) is 0 Å². The van der Waals surface area contributed by atoms with E-state index >= 15 is 0 Å². The van der Waals surface area contributed by atoms with E-state index in [2.05, 4.69) is 50.8 Å². The summed E-state index contributed by atoms with van der Waals surface area (Å²) in [6.07, 6.45) is 0. The zero-order chi connectivity index (χ0) is 20.1. The van der Waals surface area contributed by atoms with Crippen LogP contribution in [0.5, 0.6) is 0 Å². The maximum Gasteiger partial charge on any atom is 0.273 e. The van der Waals surface area contributed by atoms with E-state index < -0.39 is 0 Å². The standard InChI is InChI=1S/C22H25N5O2/c1-13-8-15(26(3)24-13)10-27-11-18-16-6-4-5-7-17(16)21(19(18)12-27)23-22(28)20-9-14(2)29-25-20/h4-9,18-19,21H,10-12H2,1-3H3,(H,23,28)/t18-,19-,21+/m0/s1. The maximum absolute atomic E-state index is 12.8. The van der Waals surface area contributed by atoms with Crippen LogP contribution in [0, 0.1) is 19.8 Å². The number of aryl methyl sites for hydroxylation is 3. The Morgan fingerprint density at radius 2 is 2.00 bits per heavy atom. The molecule has 3 atom stereocenters. The van der Waals surface area contributed by atoms with Crippen molar-refractivity contribution >= 4 is 5.91 Å². The second kappa shape index (κ2) is 6.84. The number of fused-ring (bicyclic) bond motifs is 3. The Kier molecular flexibility index (Phi) is 4.28. The highest BCUT2D eigenvalue weighted by Crippen LogP contribution is 2.49. The van der Waals surface area contributed by atoms with Crippen LogP contribution in [0.1, 0.15) is 50.7 Å². The Balaban J connectivity index is 1.39. The minimum atomic E-state index is -0.178. The molecule has 150 valence electrons. The fourth-order valence-corrected chi connectivity index (χ4v) is 4.99. The van der Waals surface area contributed by atoms with E-state index in [0.717, 1.165) is 25.3 Å². The number of aromatic nitrogens is 3. The maximum atomic E-state index is 12.8. The molecule has 1 aromatic carbocycles. The minimum Gasteiger partial charge on any atom is -0.361 e. The predicted octanol–water partition coefficient (Wildman–Crippen LogP) is 2.73. The van der Waals surface area contributed by atoms with Crippen LogP contribution in [0.2, 0.25) is 0 Å². The van der Waals surface area contributed by atoms with Gasteiger partial charge in [0, 0.05) is 44.6 Å². The first-order valence-electron chi connectivity index (χ1n) is 10.0. The minimum absolute atomic E-state index is 0.0148. The van der Waals surface area contributed by atoms with E-state index in [1.54, 1.807) is 13.0 Å². The van der Waals surface area contributed by atoms with Gasteiger partial charge < -0.3 is 9.84 Å². The molecular weight excluding hydrogens is 366 g/mol. The smallest absolute Gasteiger partial charge is 0.273 e. The molecule has 7 heteroatoms. The van der Waals surface area contributed by atoms with Crippen molar-refractivity contribution in [2.75, 3.05) is 13.1 Å². The highest BCUT2D eigenvalue weighted by molar-refractivity contribution is 5.92. The van der Waals surface area contributed by atoms with Crippen LogP contribution in [-0.4, -0.2) is 38.8 Å². The molecule has 0 spiro atoms. The fourth-order valence-electron chi connectivity index (χ4n) is 4.99. The van der Waals surface area contributed by atoms with Gasteiger partial charge in [-0.15, -0.1) is 0 Å². The van der Waals surface area contributed by atoms with Gasteiger partial charge in [-0.3, -0.25) is 14.4 Å². The third-order valence-electron chi connectivity index (χ3n) is 6.23. The summed E-state index contributed by atoms with van der Waals surface area (Å²) in [7, 11) is 2.00. The second-order valence-electron chi connectivity index (χ2n) is 8.27. The van der Waals surface area contributed by atoms with E-state index in [9.17, 15) is 4.79 Å². The number of nitrogens with zero attached hydrogens (tertiary/aromatic N) is 4. The van der Waals surface area contributed by atoms with Gasteiger partial charge >= 0.3 is 0 Å². The lowest BCUT2D eigenvalue weighted by Crippen LogP contribution is -2.33. The van der Waals surface area contributed by atoms with Crippen molar-refractivity contribution in [3.63, 3.8) is 0 Å². The molecule has 0 radical (unpaired) electrons. The number of hydrogen-bond acceptors (Lipinski definition) is 5. The lowest BCUT2D eigenvalue weighted by Gasteiger charge is -2.22. The van der Waals surface area contributed by atoms with Gasteiger partial charge in [0.25, 0.3) is 5.91 Å². The number of hydrogen-bond donors (Lipinski definition) is 1. The topological polar surface area (TPSA) is 76.2 Å². The van der Waals surface area contributed by atoms with Crippen molar-refractivity contribution in [1.29, 1.82) is 0 Å². The van der Waals surface area contributed by atoms with E-state index in [1.807, 2.05) is 18.7 Å². The predicted molar refractivity (Wildman–Crippen MR) is 107 cm³/mol. The molecule has 5 rings (SSSR count). The molecular formula is C22H25N5O2. The molecule has 1 amide bonds. The average Bonchev–Trinajstić information content (AvgIpc) is 3.43. The fraction of sp³-hybridized carbons (Fsp3) is 0.409. The molecule has 3 heterocycles. The summed E-state index contributed by atoms with van der Waals surface area (Å²) in [6, 6.07) is 12.3. The molecule has 2 aliphatic rings. The molecule has 0 unspecified atom stereocenters. The summed E-state index contributed by atoms with van der Waals surface area (Å²) in [5.41, 5.74) is 5.17. The normalized spacial score (nSPS) is 23.2. The molecule has 0 bridgehead atoms. The number of rotatable bonds is 4. The number of carbonyl (C=O) groups excluding carboxylic acids is 1. The van der Waals surface area contributed by atoms with Gasteiger partial charge in [0.15, 0.2) is 5.69 Å². The number of carbonyl (C=O) groups is 1. The molecule has 1 N–H and O–H groups in total. The largest absolute Gasteiger partial charge is 0.361 e.